The molecule has 0 amide bonds. The number of aliphatic hydroxyl groups excluding tert-OH is 2. The van der Waals surface area contributed by atoms with Crippen molar-refractivity contribution in [1.29, 1.82) is 0 Å². The Morgan fingerprint density at radius 2 is 2.40 bits per heavy atom. The predicted molar refractivity (Wildman–Crippen MR) is 50.0 cm³/mol. The monoisotopic (exact) mass is 214 g/mol. The van der Waals surface area contributed by atoms with E-state index in [-0.39, 0.29) is 37.6 Å². The van der Waals surface area contributed by atoms with Crippen LogP contribution >= 0.6 is 0 Å². The van der Waals surface area contributed by atoms with E-state index >= 15 is 0 Å². The maximum atomic E-state index is 11.2. The van der Waals surface area contributed by atoms with Gasteiger partial charge in [-0.1, -0.05) is 0 Å². The topological polar surface area (TPSA) is 76.0 Å². The van der Waals surface area contributed by atoms with Gasteiger partial charge in [-0.2, -0.15) is 0 Å². The van der Waals surface area contributed by atoms with Gasteiger partial charge in [-0.25, -0.2) is 0 Å². The van der Waals surface area contributed by atoms with Crippen molar-refractivity contribution >= 4 is 5.97 Å². The van der Waals surface area contributed by atoms with Gasteiger partial charge in [0.15, 0.2) is 5.60 Å². The number of carbonyl (C=O) groups excluding carboxylic acids is 1. The lowest BCUT2D eigenvalue weighted by atomic mass is 9.86. The Kier molecular flexibility index (Phi) is 2.54. The fraction of sp³-hybridized carbons (Fsp3) is 0.700. The summed E-state index contributed by atoms with van der Waals surface area (Å²) in [5.41, 5.74) is -0.514. The maximum absolute atomic E-state index is 11.2. The molecule has 0 aromatic carbocycles. The number of fused-ring (bicyclic) bond motifs is 1. The van der Waals surface area contributed by atoms with Crippen molar-refractivity contribution in [2.24, 2.45) is 5.92 Å². The number of hydrogen-bond acceptors (Lipinski definition) is 5. The summed E-state index contributed by atoms with van der Waals surface area (Å²) in [7, 11) is 1.53. The van der Waals surface area contributed by atoms with Crippen molar-refractivity contribution in [3.8, 4) is 0 Å². The summed E-state index contributed by atoms with van der Waals surface area (Å²) in [6.45, 7) is -0.542. The Morgan fingerprint density at radius 1 is 1.67 bits per heavy atom. The molecule has 84 valence electrons. The Balaban J connectivity index is 2.37. The quantitative estimate of drug-likeness (QED) is 0.476. The van der Waals surface area contributed by atoms with Crippen molar-refractivity contribution in [2.45, 2.75) is 18.1 Å². The van der Waals surface area contributed by atoms with Crippen LogP contribution in [0.4, 0.5) is 0 Å². The Labute approximate surface area is 87.3 Å². The van der Waals surface area contributed by atoms with Crippen LogP contribution in [0.5, 0.6) is 0 Å². The van der Waals surface area contributed by atoms with Crippen LogP contribution in [0.2, 0.25) is 0 Å². The first-order valence-corrected chi connectivity index (χ1v) is 4.85. The smallest absolute Gasteiger partial charge is 0.307 e. The molecule has 0 aromatic heterocycles. The normalized spacial score (nSPS) is 38.9. The molecule has 0 saturated carbocycles. The first kappa shape index (κ1) is 10.6. The molecule has 3 atom stereocenters. The number of ether oxygens (including phenoxy) is 2. The predicted octanol–water partition coefficient (Wildman–Crippen LogP) is -0.772. The van der Waals surface area contributed by atoms with E-state index in [4.69, 9.17) is 9.47 Å². The molecule has 15 heavy (non-hydrogen) atoms. The summed E-state index contributed by atoms with van der Waals surface area (Å²) in [4.78, 5) is 11.2. The Morgan fingerprint density at radius 3 is 2.93 bits per heavy atom. The zero-order valence-electron chi connectivity index (χ0n) is 8.47. The van der Waals surface area contributed by atoms with Gasteiger partial charge in [-0.3, -0.25) is 4.79 Å². The SMILES string of the molecule is COC1C=C(CO)C2(CO)OC(=O)CC12. The molecule has 1 aliphatic heterocycles. The third-order valence-corrected chi connectivity index (χ3v) is 3.26. The van der Waals surface area contributed by atoms with Crippen molar-refractivity contribution in [3.63, 3.8) is 0 Å². The van der Waals surface area contributed by atoms with E-state index < -0.39 is 5.60 Å². The molecule has 0 aromatic rings. The van der Waals surface area contributed by atoms with Crippen LogP contribution in [0.25, 0.3) is 0 Å². The van der Waals surface area contributed by atoms with Crippen molar-refractivity contribution in [1.82, 2.24) is 0 Å². The fourth-order valence-corrected chi connectivity index (χ4v) is 2.48. The standard InChI is InChI=1S/C10H14O5/c1-14-8-2-6(4-11)10(5-12)7(8)3-9(13)15-10/h2,7-8,11-12H,3-5H2,1H3. The molecule has 0 radical (unpaired) electrons. The average Bonchev–Trinajstić information content (AvgIpc) is 2.70. The number of hydrogen-bond donors (Lipinski definition) is 2. The summed E-state index contributed by atoms with van der Waals surface area (Å²) >= 11 is 0. The van der Waals surface area contributed by atoms with E-state index in [0.717, 1.165) is 0 Å². The summed E-state index contributed by atoms with van der Waals surface area (Å²) < 4.78 is 10.4. The summed E-state index contributed by atoms with van der Waals surface area (Å²) in [6, 6.07) is 0. The van der Waals surface area contributed by atoms with Crippen LogP contribution in [0.15, 0.2) is 11.6 Å². The summed E-state index contributed by atoms with van der Waals surface area (Å²) in [6.07, 6.45) is 1.68. The lowest BCUT2D eigenvalue weighted by Crippen LogP contribution is -2.42. The lowest BCUT2D eigenvalue weighted by molar-refractivity contribution is -0.149. The van der Waals surface area contributed by atoms with E-state index in [1.807, 2.05) is 0 Å². The van der Waals surface area contributed by atoms with Gasteiger partial charge in [0.25, 0.3) is 0 Å². The highest BCUT2D eigenvalue weighted by Gasteiger charge is 2.58. The zero-order chi connectivity index (χ0) is 11.1. The van der Waals surface area contributed by atoms with E-state index in [1.165, 1.54) is 7.11 Å². The highest BCUT2D eigenvalue weighted by atomic mass is 16.6. The van der Waals surface area contributed by atoms with E-state index in [1.54, 1.807) is 6.08 Å². The van der Waals surface area contributed by atoms with E-state index in [9.17, 15) is 15.0 Å². The van der Waals surface area contributed by atoms with Gasteiger partial charge in [-0.15, -0.1) is 0 Å². The van der Waals surface area contributed by atoms with Gasteiger partial charge >= 0.3 is 5.97 Å². The molecular formula is C10H14O5. The van der Waals surface area contributed by atoms with Gasteiger partial charge in [0.1, 0.15) is 0 Å². The van der Waals surface area contributed by atoms with Crippen LogP contribution < -0.4 is 0 Å². The molecule has 0 bridgehead atoms. The number of esters is 1. The molecule has 1 fully saturated rings. The largest absolute Gasteiger partial charge is 0.451 e. The Bertz CT molecular complexity index is 311. The second-order valence-corrected chi connectivity index (χ2v) is 3.88. The third kappa shape index (κ3) is 1.31. The van der Waals surface area contributed by atoms with Crippen LogP contribution in [0, 0.1) is 5.92 Å². The van der Waals surface area contributed by atoms with Gasteiger partial charge in [0, 0.05) is 13.0 Å². The highest BCUT2D eigenvalue weighted by molar-refractivity contribution is 5.75. The molecule has 1 aliphatic carbocycles. The number of aliphatic hydroxyl groups is 2. The molecule has 3 unspecified atom stereocenters. The second kappa shape index (κ2) is 3.59. The minimum absolute atomic E-state index is 0.220. The van der Waals surface area contributed by atoms with Gasteiger partial charge < -0.3 is 19.7 Å². The van der Waals surface area contributed by atoms with E-state index in [2.05, 4.69) is 0 Å². The first-order chi connectivity index (χ1) is 7.17. The summed E-state index contributed by atoms with van der Waals surface area (Å²) in [5, 5.41) is 18.6. The molecular weight excluding hydrogens is 200 g/mol. The molecule has 2 aliphatic rings. The van der Waals surface area contributed by atoms with Crippen molar-refractivity contribution < 1.29 is 24.5 Å². The zero-order valence-corrected chi connectivity index (χ0v) is 8.47. The number of methoxy groups -OCH3 is 1. The molecule has 5 nitrogen and oxygen atoms in total. The number of rotatable bonds is 3. The lowest BCUT2D eigenvalue weighted by Gasteiger charge is -2.29. The molecule has 1 heterocycles. The molecule has 5 heteroatoms. The van der Waals surface area contributed by atoms with E-state index in [0.29, 0.717) is 5.57 Å². The molecule has 1 saturated heterocycles. The van der Waals surface area contributed by atoms with Gasteiger partial charge in [0.05, 0.1) is 25.7 Å². The van der Waals surface area contributed by atoms with Gasteiger partial charge in [-0.05, 0) is 11.6 Å². The van der Waals surface area contributed by atoms with Crippen LogP contribution in [0.1, 0.15) is 6.42 Å². The Hall–Kier alpha value is -0.910. The highest BCUT2D eigenvalue weighted by Crippen LogP contribution is 2.46. The fourth-order valence-electron chi connectivity index (χ4n) is 2.48. The van der Waals surface area contributed by atoms with Crippen LogP contribution in [-0.4, -0.2) is 48.2 Å². The van der Waals surface area contributed by atoms with Crippen molar-refractivity contribution in [2.75, 3.05) is 20.3 Å². The maximum Gasteiger partial charge on any atom is 0.307 e. The molecule has 2 rings (SSSR count). The minimum atomic E-state index is -1.05. The summed E-state index contributed by atoms with van der Waals surface area (Å²) in [5.74, 6) is -0.572. The molecule has 0 spiro atoms. The molecule has 2 N–H and O–H groups in total. The van der Waals surface area contributed by atoms with Crippen molar-refractivity contribution in [3.05, 3.63) is 11.6 Å². The first-order valence-electron chi connectivity index (χ1n) is 4.85. The second-order valence-electron chi connectivity index (χ2n) is 3.88. The van der Waals surface area contributed by atoms with Gasteiger partial charge in [0.2, 0.25) is 0 Å². The van der Waals surface area contributed by atoms with Crippen LogP contribution in [0.3, 0.4) is 0 Å². The minimum Gasteiger partial charge on any atom is -0.451 e. The number of carbonyl (C=O) groups is 1. The average molecular weight is 214 g/mol. The third-order valence-electron chi connectivity index (χ3n) is 3.26. The van der Waals surface area contributed by atoms with Crippen LogP contribution in [-0.2, 0) is 14.3 Å².